The van der Waals surface area contributed by atoms with Gasteiger partial charge in [0.15, 0.2) is 0 Å². The van der Waals surface area contributed by atoms with Crippen LogP contribution in [0.3, 0.4) is 0 Å². The van der Waals surface area contributed by atoms with Crippen LogP contribution >= 0.6 is 0 Å². The lowest BCUT2D eigenvalue weighted by molar-refractivity contribution is -0.132. The largest absolute Gasteiger partial charge is 0.384 e. The van der Waals surface area contributed by atoms with Crippen molar-refractivity contribution < 1.29 is 9.53 Å². The Morgan fingerprint density at radius 2 is 2.00 bits per heavy atom. The number of carbonyl (C=O) groups excluding carboxylic acids is 1. The number of carbonyl (C=O) groups is 1. The Balaban J connectivity index is 1.71. The van der Waals surface area contributed by atoms with Crippen molar-refractivity contribution in [1.29, 1.82) is 0 Å². The summed E-state index contributed by atoms with van der Waals surface area (Å²) in [6.07, 6.45) is 3.24. The van der Waals surface area contributed by atoms with Crippen molar-refractivity contribution in [1.82, 2.24) is 10.2 Å². The van der Waals surface area contributed by atoms with Gasteiger partial charge in [-0.25, -0.2) is 0 Å². The van der Waals surface area contributed by atoms with Crippen LogP contribution < -0.4 is 5.32 Å². The first-order chi connectivity index (χ1) is 11.2. The van der Waals surface area contributed by atoms with Crippen molar-refractivity contribution in [3.63, 3.8) is 0 Å². The molecular weight excluding hydrogens is 288 g/mol. The van der Waals surface area contributed by atoms with Gasteiger partial charge in [0.2, 0.25) is 5.91 Å². The number of hydrogen-bond donors (Lipinski definition) is 1. The van der Waals surface area contributed by atoms with Crippen LogP contribution in [0.5, 0.6) is 0 Å². The first-order valence-corrected chi connectivity index (χ1v) is 8.67. The number of nitrogens with one attached hydrogen (secondary N) is 1. The van der Waals surface area contributed by atoms with Crippen molar-refractivity contribution in [2.45, 2.75) is 38.1 Å². The van der Waals surface area contributed by atoms with E-state index < -0.39 is 0 Å². The molecule has 4 heteroatoms. The van der Waals surface area contributed by atoms with E-state index in [1.54, 1.807) is 14.0 Å². The molecular formula is C19H28N2O2. The zero-order valence-corrected chi connectivity index (χ0v) is 14.3. The molecule has 1 N–H and O–H groups in total. The summed E-state index contributed by atoms with van der Waals surface area (Å²) in [5, 5.41) is 3.42. The minimum absolute atomic E-state index is 0.107. The van der Waals surface area contributed by atoms with Crippen LogP contribution in [0.25, 0.3) is 0 Å². The number of hydrogen-bond acceptors (Lipinski definition) is 3. The van der Waals surface area contributed by atoms with Crippen LogP contribution in [-0.2, 0) is 9.53 Å². The molecule has 4 nitrogen and oxygen atoms in total. The van der Waals surface area contributed by atoms with Crippen molar-refractivity contribution in [2.24, 2.45) is 5.41 Å². The molecule has 3 rings (SSSR count). The van der Waals surface area contributed by atoms with Gasteiger partial charge in [-0.05, 0) is 37.9 Å². The van der Waals surface area contributed by atoms with E-state index in [2.05, 4.69) is 34.5 Å². The highest BCUT2D eigenvalue weighted by Crippen LogP contribution is 2.46. The second kappa shape index (κ2) is 7.02. The second-order valence-electron chi connectivity index (χ2n) is 7.15. The van der Waals surface area contributed by atoms with E-state index in [0.717, 1.165) is 45.5 Å². The molecule has 0 aromatic heterocycles. The fraction of sp³-hybridized carbons (Fsp3) is 0.632. The number of piperidine rings is 1. The van der Waals surface area contributed by atoms with E-state index in [0.29, 0.717) is 12.0 Å². The van der Waals surface area contributed by atoms with E-state index in [1.165, 1.54) is 5.56 Å². The highest BCUT2D eigenvalue weighted by molar-refractivity contribution is 5.74. The number of ether oxygens (including phenoxy) is 1. The Morgan fingerprint density at radius 1 is 1.30 bits per heavy atom. The fourth-order valence-electron chi connectivity index (χ4n) is 4.02. The van der Waals surface area contributed by atoms with Gasteiger partial charge in [-0.3, -0.25) is 4.79 Å². The van der Waals surface area contributed by atoms with Crippen molar-refractivity contribution in [2.75, 3.05) is 33.4 Å². The molecule has 1 aliphatic carbocycles. The summed E-state index contributed by atoms with van der Waals surface area (Å²) in [5.41, 5.74) is 1.46. The third kappa shape index (κ3) is 3.75. The zero-order valence-electron chi connectivity index (χ0n) is 14.3. The van der Waals surface area contributed by atoms with Gasteiger partial charge in [0.1, 0.15) is 0 Å². The maximum atomic E-state index is 12.3. The Morgan fingerprint density at radius 3 is 2.61 bits per heavy atom. The van der Waals surface area contributed by atoms with Gasteiger partial charge < -0.3 is 15.0 Å². The van der Waals surface area contributed by atoms with Gasteiger partial charge in [0.25, 0.3) is 0 Å². The summed E-state index contributed by atoms with van der Waals surface area (Å²) < 4.78 is 5.51. The first kappa shape index (κ1) is 16.5. The Kier molecular flexibility index (Phi) is 5.02. The maximum absolute atomic E-state index is 12.3. The molecule has 1 saturated carbocycles. The molecule has 2 fully saturated rings. The standard InChI is InChI=1S/C19H28N2O2/c1-15(22)21(13-19(14-23-2)8-10-20-11-9-19)18-12-17(18)16-6-4-3-5-7-16/h3-7,17-18,20H,8-14H2,1-2H3/t17?,18-/m1/s1. The van der Waals surface area contributed by atoms with Crippen molar-refractivity contribution >= 4 is 5.91 Å². The molecule has 1 unspecified atom stereocenters. The monoisotopic (exact) mass is 316 g/mol. The predicted octanol–water partition coefficient (Wildman–Crippen LogP) is 2.41. The third-order valence-corrected chi connectivity index (χ3v) is 5.41. The van der Waals surface area contributed by atoms with E-state index in [1.807, 2.05) is 6.07 Å². The topological polar surface area (TPSA) is 41.6 Å². The molecule has 0 bridgehead atoms. The molecule has 1 aromatic rings. The van der Waals surface area contributed by atoms with E-state index in [-0.39, 0.29) is 11.3 Å². The number of benzene rings is 1. The summed E-state index contributed by atoms with van der Waals surface area (Å²) in [6.45, 7) is 5.30. The minimum Gasteiger partial charge on any atom is -0.384 e. The molecule has 126 valence electrons. The molecule has 1 aliphatic heterocycles. The minimum atomic E-state index is 0.107. The lowest BCUT2D eigenvalue weighted by Gasteiger charge is -2.41. The van der Waals surface area contributed by atoms with Gasteiger partial charge in [-0.2, -0.15) is 0 Å². The average Bonchev–Trinajstić information content (AvgIpc) is 3.35. The van der Waals surface area contributed by atoms with Crippen molar-refractivity contribution in [3.8, 4) is 0 Å². The van der Waals surface area contributed by atoms with Gasteiger partial charge in [0.05, 0.1) is 6.61 Å². The van der Waals surface area contributed by atoms with Gasteiger partial charge in [-0.15, -0.1) is 0 Å². The second-order valence-corrected chi connectivity index (χ2v) is 7.15. The normalized spacial score (nSPS) is 25.8. The van der Waals surface area contributed by atoms with Crippen LogP contribution in [0, 0.1) is 5.41 Å². The number of nitrogens with zero attached hydrogens (tertiary/aromatic N) is 1. The van der Waals surface area contributed by atoms with E-state index in [4.69, 9.17) is 4.74 Å². The van der Waals surface area contributed by atoms with Crippen molar-refractivity contribution in [3.05, 3.63) is 35.9 Å². The lowest BCUT2D eigenvalue weighted by Crippen LogP contribution is -2.49. The van der Waals surface area contributed by atoms with Gasteiger partial charge in [0, 0.05) is 38.0 Å². The summed E-state index contributed by atoms with van der Waals surface area (Å²) in [5.74, 6) is 0.698. The Bertz CT molecular complexity index is 520. The Hall–Kier alpha value is -1.39. The zero-order chi connectivity index (χ0) is 16.3. The smallest absolute Gasteiger partial charge is 0.219 e. The van der Waals surface area contributed by atoms with E-state index in [9.17, 15) is 4.79 Å². The molecule has 2 aliphatic rings. The average molecular weight is 316 g/mol. The van der Waals surface area contributed by atoms with Crippen LogP contribution in [-0.4, -0.2) is 50.2 Å². The molecule has 1 saturated heterocycles. The summed E-state index contributed by atoms with van der Waals surface area (Å²) in [7, 11) is 1.77. The molecule has 1 amide bonds. The number of rotatable bonds is 6. The molecule has 2 atom stereocenters. The van der Waals surface area contributed by atoms with Crippen LogP contribution in [0.2, 0.25) is 0 Å². The van der Waals surface area contributed by atoms with Gasteiger partial charge >= 0.3 is 0 Å². The third-order valence-electron chi connectivity index (χ3n) is 5.41. The predicted molar refractivity (Wildman–Crippen MR) is 91.4 cm³/mol. The number of methoxy groups -OCH3 is 1. The summed E-state index contributed by atoms with van der Waals surface area (Å²) in [6, 6.07) is 10.9. The van der Waals surface area contributed by atoms with Gasteiger partial charge in [-0.1, -0.05) is 30.3 Å². The summed E-state index contributed by atoms with van der Waals surface area (Å²) >= 11 is 0. The SMILES string of the molecule is COCC1(CN(C(C)=O)[C@@H]2CC2c2ccccc2)CCNCC1. The molecule has 23 heavy (non-hydrogen) atoms. The van der Waals surface area contributed by atoms with Crippen LogP contribution in [0.1, 0.15) is 37.7 Å². The fourth-order valence-corrected chi connectivity index (χ4v) is 4.02. The number of amides is 1. The summed E-state index contributed by atoms with van der Waals surface area (Å²) in [4.78, 5) is 14.4. The first-order valence-electron chi connectivity index (χ1n) is 8.67. The van der Waals surface area contributed by atoms with E-state index >= 15 is 0 Å². The quantitative estimate of drug-likeness (QED) is 0.876. The molecule has 0 radical (unpaired) electrons. The molecule has 1 heterocycles. The Labute approximate surface area is 139 Å². The lowest BCUT2D eigenvalue weighted by atomic mass is 9.79. The van der Waals surface area contributed by atoms with Crippen LogP contribution in [0.4, 0.5) is 0 Å². The highest BCUT2D eigenvalue weighted by atomic mass is 16.5. The maximum Gasteiger partial charge on any atom is 0.219 e. The molecule has 0 spiro atoms. The highest BCUT2D eigenvalue weighted by Gasteiger charge is 2.46. The van der Waals surface area contributed by atoms with Crippen LogP contribution in [0.15, 0.2) is 30.3 Å². The molecule has 1 aromatic carbocycles.